The van der Waals surface area contributed by atoms with Crippen molar-refractivity contribution < 1.29 is 44.3 Å². The van der Waals surface area contributed by atoms with Crippen LogP contribution in [0.25, 0.3) is 0 Å². The van der Waals surface area contributed by atoms with E-state index in [1.165, 1.54) is 0 Å². The van der Waals surface area contributed by atoms with Gasteiger partial charge in [0.2, 0.25) is 0 Å². The number of fused-ring (bicyclic) bond motifs is 2. The molecule has 2 aliphatic heterocycles. The van der Waals surface area contributed by atoms with E-state index in [0.29, 0.717) is 0 Å². The molecule has 2 bridgehead atoms. The highest BCUT2D eigenvalue weighted by Gasteiger charge is 2.67. The number of hydrogen-bond acceptors (Lipinski definition) is 6. The van der Waals surface area contributed by atoms with Gasteiger partial charge in [-0.3, -0.25) is 4.79 Å². The van der Waals surface area contributed by atoms with Crippen molar-refractivity contribution in [2.24, 2.45) is 5.92 Å². The second-order valence-corrected chi connectivity index (χ2v) is 4.16. The number of rotatable bonds is 3. The quantitative estimate of drug-likeness (QED) is 0.457. The van der Waals surface area contributed by atoms with Gasteiger partial charge in [-0.25, -0.2) is 9.59 Å². The Balaban J connectivity index is 2.49. The minimum atomic E-state index is -2.28. The van der Waals surface area contributed by atoms with Crippen molar-refractivity contribution in [3.8, 4) is 0 Å². The number of aliphatic carboxylic acids is 3. The van der Waals surface area contributed by atoms with Crippen LogP contribution in [0.4, 0.5) is 0 Å². The molecule has 0 aromatic rings. The molecule has 5 atom stereocenters. The number of aliphatic hydroxyl groups is 1. The molecule has 18 heavy (non-hydrogen) atoms. The summed E-state index contributed by atoms with van der Waals surface area (Å²) < 4.78 is 9.68. The van der Waals surface area contributed by atoms with E-state index in [4.69, 9.17) is 24.8 Å². The molecule has 9 nitrogen and oxygen atoms in total. The van der Waals surface area contributed by atoms with Crippen LogP contribution >= 0.6 is 0 Å². The highest BCUT2D eigenvalue weighted by molar-refractivity contribution is 5.91. The van der Waals surface area contributed by atoms with Crippen LogP contribution in [0.5, 0.6) is 0 Å². The van der Waals surface area contributed by atoms with E-state index < -0.39 is 54.3 Å². The molecule has 5 unspecified atom stereocenters. The molecule has 0 spiro atoms. The third-order valence-corrected chi connectivity index (χ3v) is 3.11. The van der Waals surface area contributed by atoms with Gasteiger partial charge in [0.15, 0.2) is 18.0 Å². The lowest BCUT2D eigenvalue weighted by Crippen LogP contribution is -2.60. The molecule has 0 aromatic carbocycles. The maximum atomic E-state index is 11.2. The fourth-order valence-electron chi connectivity index (χ4n) is 2.33. The molecule has 0 aromatic heterocycles. The number of carboxylic acids is 3. The Labute approximate surface area is 99.5 Å². The number of hydrogen-bond donors (Lipinski definition) is 4. The fourth-order valence-corrected chi connectivity index (χ4v) is 2.33. The molecule has 4 N–H and O–H groups in total. The monoisotopic (exact) mass is 262 g/mol. The van der Waals surface area contributed by atoms with E-state index in [-0.39, 0.29) is 0 Å². The predicted molar refractivity (Wildman–Crippen MR) is 49.5 cm³/mol. The van der Waals surface area contributed by atoms with Crippen LogP contribution in [0, 0.1) is 5.92 Å². The average molecular weight is 262 g/mol. The van der Waals surface area contributed by atoms with Gasteiger partial charge in [-0.05, 0) is 0 Å². The molecule has 0 radical (unpaired) electrons. The first-order valence-corrected chi connectivity index (χ1v) is 5.00. The van der Waals surface area contributed by atoms with Crippen molar-refractivity contribution in [3.63, 3.8) is 0 Å². The number of aliphatic hydroxyl groups excluding tert-OH is 1. The standard InChI is InChI=1S/C9H10O9/c10-2-1-9(8(15)16)3(5(11)12)4(6(13)14)17-7(2)18-9/h2-4,7,10H,1H2,(H,11,12)(H,13,14)(H,15,16). The van der Waals surface area contributed by atoms with Crippen LogP contribution < -0.4 is 0 Å². The zero-order valence-electron chi connectivity index (χ0n) is 8.85. The van der Waals surface area contributed by atoms with Crippen LogP contribution in [-0.2, 0) is 23.9 Å². The maximum Gasteiger partial charge on any atom is 0.337 e. The zero-order chi connectivity index (χ0) is 13.7. The molecule has 2 aliphatic rings. The Morgan fingerprint density at radius 2 is 1.72 bits per heavy atom. The van der Waals surface area contributed by atoms with Gasteiger partial charge in [0, 0.05) is 6.42 Å². The smallest absolute Gasteiger partial charge is 0.337 e. The van der Waals surface area contributed by atoms with Crippen molar-refractivity contribution in [1.82, 2.24) is 0 Å². The maximum absolute atomic E-state index is 11.2. The van der Waals surface area contributed by atoms with Crippen molar-refractivity contribution in [2.75, 3.05) is 0 Å². The first kappa shape index (κ1) is 12.7. The van der Waals surface area contributed by atoms with E-state index in [0.717, 1.165) is 0 Å². The van der Waals surface area contributed by atoms with Gasteiger partial charge in [-0.15, -0.1) is 0 Å². The van der Waals surface area contributed by atoms with Crippen LogP contribution in [0.3, 0.4) is 0 Å². The van der Waals surface area contributed by atoms with Crippen LogP contribution in [0.2, 0.25) is 0 Å². The number of carbonyl (C=O) groups is 3. The normalized spacial score (nSPS) is 42.5. The van der Waals surface area contributed by atoms with Gasteiger partial charge in [0.1, 0.15) is 12.0 Å². The molecular formula is C9H10O9. The second kappa shape index (κ2) is 3.90. The summed E-state index contributed by atoms with van der Waals surface area (Å²) in [4.78, 5) is 33.3. The van der Waals surface area contributed by atoms with Crippen LogP contribution in [-0.4, -0.2) is 62.4 Å². The summed E-state index contributed by atoms with van der Waals surface area (Å²) in [6.07, 6.45) is -5.24. The van der Waals surface area contributed by atoms with Gasteiger partial charge < -0.3 is 29.9 Å². The molecule has 2 fully saturated rings. The Morgan fingerprint density at radius 3 is 2.17 bits per heavy atom. The zero-order valence-corrected chi connectivity index (χ0v) is 8.85. The molecule has 0 saturated carbocycles. The second-order valence-electron chi connectivity index (χ2n) is 4.16. The molecule has 2 saturated heterocycles. The highest BCUT2D eigenvalue weighted by Crippen LogP contribution is 2.45. The first-order chi connectivity index (χ1) is 8.29. The SMILES string of the molecule is O=C(O)C1OC2OC(C(=O)O)(CC2O)C1C(=O)O. The molecule has 100 valence electrons. The predicted octanol–water partition coefficient (Wildman–Crippen LogP) is -1.90. The average Bonchev–Trinajstić information content (AvgIpc) is 2.51. The molecule has 9 heteroatoms. The third-order valence-electron chi connectivity index (χ3n) is 3.11. The number of ether oxygens (including phenoxy) is 2. The summed E-state index contributed by atoms with van der Waals surface area (Å²) in [5.74, 6) is -6.85. The van der Waals surface area contributed by atoms with E-state index in [9.17, 15) is 19.5 Å². The summed E-state index contributed by atoms with van der Waals surface area (Å²) in [5, 5.41) is 36.5. The summed E-state index contributed by atoms with van der Waals surface area (Å²) in [5.41, 5.74) is -2.28. The Kier molecular flexibility index (Phi) is 2.76. The molecule has 2 rings (SSSR count). The lowest BCUT2D eigenvalue weighted by Gasteiger charge is -2.38. The van der Waals surface area contributed by atoms with Crippen molar-refractivity contribution in [3.05, 3.63) is 0 Å². The van der Waals surface area contributed by atoms with E-state index >= 15 is 0 Å². The molecule has 2 heterocycles. The Hall–Kier alpha value is -1.71. The topological polar surface area (TPSA) is 151 Å². The minimum Gasteiger partial charge on any atom is -0.481 e. The van der Waals surface area contributed by atoms with Crippen molar-refractivity contribution >= 4 is 17.9 Å². The summed E-state index contributed by atoms with van der Waals surface area (Å²) in [7, 11) is 0. The van der Waals surface area contributed by atoms with E-state index in [1.807, 2.05) is 0 Å². The van der Waals surface area contributed by atoms with Crippen molar-refractivity contribution in [2.45, 2.75) is 30.5 Å². The molecular weight excluding hydrogens is 252 g/mol. The fraction of sp³-hybridized carbons (Fsp3) is 0.667. The van der Waals surface area contributed by atoms with Gasteiger partial charge in [-0.2, -0.15) is 0 Å². The largest absolute Gasteiger partial charge is 0.481 e. The van der Waals surface area contributed by atoms with Gasteiger partial charge >= 0.3 is 17.9 Å². The lowest BCUT2D eigenvalue weighted by atomic mass is 9.81. The summed E-state index contributed by atoms with van der Waals surface area (Å²) >= 11 is 0. The van der Waals surface area contributed by atoms with Crippen molar-refractivity contribution in [1.29, 1.82) is 0 Å². The van der Waals surface area contributed by atoms with Gasteiger partial charge in [-0.1, -0.05) is 0 Å². The third kappa shape index (κ3) is 1.55. The van der Waals surface area contributed by atoms with Gasteiger partial charge in [0.05, 0.1) is 0 Å². The summed E-state index contributed by atoms with van der Waals surface area (Å²) in [6.45, 7) is 0. The molecule has 0 aliphatic carbocycles. The number of carboxylic acid groups (broad SMARTS) is 3. The minimum absolute atomic E-state index is 0.534. The highest BCUT2D eigenvalue weighted by atomic mass is 16.7. The van der Waals surface area contributed by atoms with Crippen LogP contribution in [0.15, 0.2) is 0 Å². The lowest BCUT2D eigenvalue weighted by molar-refractivity contribution is -0.279. The first-order valence-electron chi connectivity index (χ1n) is 5.00. The Bertz CT molecular complexity index is 414. The van der Waals surface area contributed by atoms with Crippen LogP contribution in [0.1, 0.15) is 6.42 Å². The van der Waals surface area contributed by atoms with E-state index in [1.54, 1.807) is 0 Å². The molecule has 0 amide bonds. The van der Waals surface area contributed by atoms with Gasteiger partial charge in [0.25, 0.3) is 0 Å². The Morgan fingerprint density at radius 1 is 1.11 bits per heavy atom. The van der Waals surface area contributed by atoms with E-state index in [2.05, 4.69) is 0 Å². The summed E-state index contributed by atoms with van der Waals surface area (Å²) in [6, 6.07) is 0.